The number of carbonyl (C=O) groups is 2. The van der Waals surface area contributed by atoms with Gasteiger partial charge in [-0.2, -0.15) is 0 Å². The molecule has 3 rings (SSSR count). The first-order valence-corrected chi connectivity index (χ1v) is 9.46. The summed E-state index contributed by atoms with van der Waals surface area (Å²) in [5.74, 6) is 1.10. The summed E-state index contributed by atoms with van der Waals surface area (Å²) in [4.78, 5) is 31.3. The third kappa shape index (κ3) is 4.39. The van der Waals surface area contributed by atoms with Gasteiger partial charge in [0, 0.05) is 58.1 Å². The molecule has 0 spiro atoms. The molecule has 0 unspecified atom stereocenters. The van der Waals surface area contributed by atoms with Crippen molar-refractivity contribution >= 4 is 11.8 Å². The van der Waals surface area contributed by atoms with Crippen LogP contribution in [0.15, 0.2) is 12.4 Å². The molecule has 0 saturated carbocycles. The number of nitrogens with one attached hydrogen (secondary N) is 2. The van der Waals surface area contributed by atoms with Crippen molar-refractivity contribution in [3.8, 4) is 0 Å². The molecule has 2 amide bonds. The van der Waals surface area contributed by atoms with Gasteiger partial charge >= 0.3 is 0 Å². The van der Waals surface area contributed by atoms with Crippen molar-refractivity contribution in [2.75, 3.05) is 32.7 Å². The third-order valence-electron chi connectivity index (χ3n) is 5.26. The molecule has 2 atom stereocenters. The van der Waals surface area contributed by atoms with E-state index < -0.39 is 0 Å². The number of piperidine rings is 1. The van der Waals surface area contributed by atoms with Crippen molar-refractivity contribution < 1.29 is 9.59 Å². The monoisotopic (exact) mass is 347 g/mol. The van der Waals surface area contributed by atoms with Crippen LogP contribution in [0.3, 0.4) is 0 Å². The van der Waals surface area contributed by atoms with Crippen LogP contribution in [-0.4, -0.2) is 59.0 Å². The number of rotatable bonds is 6. The van der Waals surface area contributed by atoms with E-state index in [0.717, 1.165) is 44.7 Å². The summed E-state index contributed by atoms with van der Waals surface area (Å²) in [7, 11) is 0. The number of imidazole rings is 1. The highest BCUT2D eigenvalue weighted by Gasteiger charge is 2.33. The first-order valence-electron chi connectivity index (χ1n) is 9.46. The minimum absolute atomic E-state index is 0.0459. The molecule has 138 valence electrons. The first-order chi connectivity index (χ1) is 12.2. The van der Waals surface area contributed by atoms with Crippen molar-refractivity contribution in [2.45, 2.75) is 39.2 Å². The van der Waals surface area contributed by atoms with Crippen LogP contribution in [0.2, 0.25) is 0 Å². The SMILES string of the molecule is CCc1nccn1CCNC(=O)[C@H]1CNC[C@@H](C(=O)N2CCCC2)C1. The highest BCUT2D eigenvalue weighted by Crippen LogP contribution is 2.21. The Bertz CT molecular complexity index is 594. The van der Waals surface area contributed by atoms with Crippen LogP contribution in [0.4, 0.5) is 0 Å². The second-order valence-electron chi connectivity index (χ2n) is 7.00. The molecule has 1 aromatic rings. The van der Waals surface area contributed by atoms with Gasteiger partial charge in [-0.15, -0.1) is 0 Å². The largest absolute Gasteiger partial charge is 0.354 e. The fourth-order valence-corrected chi connectivity index (χ4v) is 3.83. The number of aromatic nitrogens is 2. The second-order valence-corrected chi connectivity index (χ2v) is 7.00. The van der Waals surface area contributed by atoms with Gasteiger partial charge in [0.1, 0.15) is 5.82 Å². The predicted molar refractivity (Wildman–Crippen MR) is 94.9 cm³/mol. The van der Waals surface area contributed by atoms with Gasteiger partial charge in [-0.3, -0.25) is 9.59 Å². The highest BCUT2D eigenvalue weighted by atomic mass is 16.2. The Morgan fingerprint density at radius 2 is 2.04 bits per heavy atom. The van der Waals surface area contributed by atoms with E-state index in [1.54, 1.807) is 6.20 Å². The molecule has 0 aliphatic carbocycles. The Morgan fingerprint density at radius 3 is 2.80 bits per heavy atom. The third-order valence-corrected chi connectivity index (χ3v) is 5.26. The summed E-state index contributed by atoms with van der Waals surface area (Å²) in [5.41, 5.74) is 0. The summed E-state index contributed by atoms with van der Waals surface area (Å²) in [6.07, 6.45) is 7.47. The average molecular weight is 347 g/mol. The maximum absolute atomic E-state index is 12.6. The Labute approximate surface area is 149 Å². The fraction of sp³-hybridized carbons (Fsp3) is 0.722. The summed E-state index contributed by atoms with van der Waals surface area (Å²) >= 11 is 0. The van der Waals surface area contributed by atoms with E-state index >= 15 is 0 Å². The maximum atomic E-state index is 12.6. The number of likely N-dealkylation sites (tertiary alicyclic amines) is 1. The van der Waals surface area contributed by atoms with Crippen LogP contribution in [0.1, 0.15) is 32.0 Å². The lowest BCUT2D eigenvalue weighted by Gasteiger charge is -2.31. The van der Waals surface area contributed by atoms with E-state index in [1.165, 1.54) is 0 Å². The van der Waals surface area contributed by atoms with E-state index in [1.807, 2.05) is 11.1 Å². The van der Waals surface area contributed by atoms with Crippen LogP contribution in [-0.2, 0) is 22.6 Å². The van der Waals surface area contributed by atoms with Crippen LogP contribution in [0, 0.1) is 11.8 Å². The lowest BCUT2D eigenvalue weighted by atomic mass is 9.89. The highest BCUT2D eigenvalue weighted by molar-refractivity contribution is 5.83. The number of carbonyl (C=O) groups excluding carboxylic acids is 2. The Balaban J connectivity index is 1.46. The zero-order valence-corrected chi connectivity index (χ0v) is 15.0. The molecule has 0 bridgehead atoms. The molecule has 2 aliphatic rings. The van der Waals surface area contributed by atoms with E-state index in [9.17, 15) is 9.59 Å². The molecule has 7 heteroatoms. The number of aryl methyl sites for hydroxylation is 1. The molecular weight excluding hydrogens is 318 g/mol. The van der Waals surface area contributed by atoms with Crippen LogP contribution in [0.25, 0.3) is 0 Å². The molecule has 7 nitrogen and oxygen atoms in total. The lowest BCUT2D eigenvalue weighted by molar-refractivity contribution is -0.136. The van der Waals surface area contributed by atoms with Crippen LogP contribution >= 0.6 is 0 Å². The molecule has 0 aromatic carbocycles. The Morgan fingerprint density at radius 1 is 1.28 bits per heavy atom. The predicted octanol–water partition coefficient (Wildman–Crippen LogP) is 0.410. The van der Waals surface area contributed by atoms with Crippen molar-refractivity contribution in [2.24, 2.45) is 11.8 Å². The number of hydrogen-bond acceptors (Lipinski definition) is 4. The standard InChI is InChI=1S/C18H29N5O2/c1-2-16-20-5-9-22(16)10-6-21-17(24)14-11-15(13-19-12-14)18(25)23-7-3-4-8-23/h5,9,14-15,19H,2-4,6-8,10-13H2,1H3,(H,21,24)/t14-,15+/m1/s1. The van der Waals surface area contributed by atoms with E-state index in [0.29, 0.717) is 26.1 Å². The molecule has 2 saturated heterocycles. The molecule has 0 radical (unpaired) electrons. The topological polar surface area (TPSA) is 79.3 Å². The smallest absolute Gasteiger partial charge is 0.226 e. The van der Waals surface area contributed by atoms with Crippen molar-refractivity contribution in [3.05, 3.63) is 18.2 Å². The number of nitrogens with zero attached hydrogens (tertiary/aromatic N) is 3. The minimum Gasteiger partial charge on any atom is -0.354 e. The Hall–Kier alpha value is -1.89. The lowest BCUT2D eigenvalue weighted by Crippen LogP contribution is -2.49. The molecule has 2 fully saturated rings. The average Bonchev–Trinajstić information content (AvgIpc) is 3.32. The van der Waals surface area contributed by atoms with Gasteiger partial charge in [0.25, 0.3) is 0 Å². The van der Waals surface area contributed by atoms with E-state index in [2.05, 4.69) is 27.1 Å². The molecule has 1 aromatic heterocycles. The van der Waals surface area contributed by atoms with E-state index in [4.69, 9.17) is 0 Å². The maximum Gasteiger partial charge on any atom is 0.226 e. The van der Waals surface area contributed by atoms with Gasteiger partial charge in [-0.1, -0.05) is 6.92 Å². The van der Waals surface area contributed by atoms with Gasteiger partial charge in [-0.25, -0.2) is 4.98 Å². The van der Waals surface area contributed by atoms with Crippen LogP contribution < -0.4 is 10.6 Å². The Kier molecular flexibility index (Phi) is 6.07. The molecule has 2 aliphatic heterocycles. The van der Waals surface area contributed by atoms with Gasteiger partial charge in [0.15, 0.2) is 0 Å². The van der Waals surface area contributed by atoms with Gasteiger partial charge in [-0.05, 0) is 19.3 Å². The molecule has 3 heterocycles. The van der Waals surface area contributed by atoms with E-state index in [-0.39, 0.29) is 23.7 Å². The normalized spacial score (nSPS) is 23.6. The van der Waals surface area contributed by atoms with Gasteiger partial charge in [0.05, 0.1) is 11.8 Å². The molecular formula is C18H29N5O2. The van der Waals surface area contributed by atoms with Gasteiger partial charge in [0.2, 0.25) is 11.8 Å². The summed E-state index contributed by atoms with van der Waals surface area (Å²) < 4.78 is 2.07. The zero-order valence-electron chi connectivity index (χ0n) is 15.0. The zero-order chi connectivity index (χ0) is 17.6. The number of amides is 2. The summed E-state index contributed by atoms with van der Waals surface area (Å²) in [6.45, 7) is 6.47. The quantitative estimate of drug-likeness (QED) is 0.781. The van der Waals surface area contributed by atoms with Crippen molar-refractivity contribution in [1.29, 1.82) is 0 Å². The fourth-order valence-electron chi connectivity index (χ4n) is 3.83. The second kappa shape index (κ2) is 8.47. The number of hydrogen-bond donors (Lipinski definition) is 2. The summed E-state index contributed by atoms with van der Waals surface area (Å²) in [6, 6.07) is 0. The summed E-state index contributed by atoms with van der Waals surface area (Å²) in [5, 5.41) is 6.29. The van der Waals surface area contributed by atoms with Crippen molar-refractivity contribution in [1.82, 2.24) is 25.1 Å². The van der Waals surface area contributed by atoms with Crippen LogP contribution in [0.5, 0.6) is 0 Å². The van der Waals surface area contributed by atoms with Gasteiger partial charge < -0.3 is 20.1 Å². The first kappa shape index (κ1) is 17.9. The molecule has 25 heavy (non-hydrogen) atoms. The minimum atomic E-state index is -0.126. The van der Waals surface area contributed by atoms with Crippen molar-refractivity contribution in [3.63, 3.8) is 0 Å². The molecule has 2 N–H and O–H groups in total.